The van der Waals surface area contributed by atoms with Crippen molar-refractivity contribution in [3.05, 3.63) is 35.9 Å². The highest BCUT2D eigenvalue weighted by Crippen LogP contribution is 2.23. The Morgan fingerprint density at radius 2 is 1.77 bits per heavy atom. The lowest BCUT2D eigenvalue weighted by Gasteiger charge is -2.35. The van der Waals surface area contributed by atoms with Crippen LogP contribution >= 0.6 is 0 Å². The predicted molar refractivity (Wildman–Crippen MR) is 56.5 cm³/mol. The van der Waals surface area contributed by atoms with Crippen LogP contribution in [0, 0.1) is 0 Å². The van der Waals surface area contributed by atoms with Crippen molar-refractivity contribution >= 4 is 0 Å². The molecule has 72 valence electrons. The highest BCUT2D eigenvalue weighted by Gasteiger charge is 2.26. The van der Waals surface area contributed by atoms with E-state index < -0.39 is 0 Å². The molecule has 2 N–H and O–H groups in total. The first-order valence-corrected chi connectivity index (χ1v) is 4.54. The molecule has 0 amide bonds. The molecule has 1 rings (SSSR count). The summed E-state index contributed by atoms with van der Waals surface area (Å²) in [7, 11) is 4.11. The highest BCUT2D eigenvalue weighted by molar-refractivity contribution is 5.23. The SMILES string of the molecule is CN(C)[C@@](C)(CN)c1ccccc1. The van der Waals surface area contributed by atoms with Gasteiger partial charge in [0.25, 0.3) is 0 Å². The van der Waals surface area contributed by atoms with Crippen molar-refractivity contribution in [3.8, 4) is 0 Å². The van der Waals surface area contributed by atoms with E-state index >= 15 is 0 Å². The Balaban J connectivity index is 3.03. The summed E-state index contributed by atoms with van der Waals surface area (Å²) in [6, 6.07) is 10.4. The predicted octanol–water partition coefficient (Wildman–Crippen LogP) is 1.42. The van der Waals surface area contributed by atoms with E-state index in [4.69, 9.17) is 5.73 Å². The Bertz CT molecular complexity index is 256. The summed E-state index contributed by atoms with van der Waals surface area (Å²) in [5.74, 6) is 0. The molecule has 0 fully saturated rings. The molecular weight excluding hydrogens is 160 g/mol. The third kappa shape index (κ3) is 1.90. The van der Waals surface area contributed by atoms with E-state index in [-0.39, 0.29) is 5.54 Å². The first-order valence-electron chi connectivity index (χ1n) is 4.54. The quantitative estimate of drug-likeness (QED) is 0.758. The summed E-state index contributed by atoms with van der Waals surface area (Å²) in [6.45, 7) is 2.78. The molecule has 13 heavy (non-hydrogen) atoms. The largest absolute Gasteiger partial charge is 0.328 e. The van der Waals surface area contributed by atoms with Crippen LogP contribution in [-0.4, -0.2) is 25.5 Å². The van der Waals surface area contributed by atoms with Crippen LogP contribution in [0.3, 0.4) is 0 Å². The molecule has 1 aromatic rings. The maximum absolute atomic E-state index is 5.80. The van der Waals surface area contributed by atoms with Crippen LogP contribution in [0.25, 0.3) is 0 Å². The highest BCUT2D eigenvalue weighted by atomic mass is 15.1. The summed E-state index contributed by atoms with van der Waals surface area (Å²) in [4.78, 5) is 2.16. The molecule has 0 saturated heterocycles. The second-order valence-electron chi connectivity index (χ2n) is 3.74. The molecule has 1 aromatic carbocycles. The van der Waals surface area contributed by atoms with Gasteiger partial charge in [-0.05, 0) is 26.6 Å². The molecule has 0 aromatic heterocycles. The van der Waals surface area contributed by atoms with Gasteiger partial charge < -0.3 is 5.73 Å². The lowest BCUT2D eigenvalue weighted by molar-refractivity contribution is 0.183. The van der Waals surface area contributed by atoms with Gasteiger partial charge in [0.15, 0.2) is 0 Å². The summed E-state index contributed by atoms with van der Waals surface area (Å²) < 4.78 is 0. The van der Waals surface area contributed by atoms with E-state index in [1.165, 1.54) is 5.56 Å². The first kappa shape index (κ1) is 10.2. The van der Waals surface area contributed by atoms with Gasteiger partial charge in [0.1, 0.15) is 0 Å². The summed E-state index contributed by atoms with van der Waals surface area (Å²) >= 11 is 0. The molecule has 0 radical (unpaired) electrons. The lowest BCUT2D eigenvalue weighted by Crippen LogP contribution is -2.44. The zero-order valence-corrected chi connectivity index (χ0v) is 8.62. The Kier molecular flexibility index (Phi) is 3.07. The average molecular weight is 178 g/mol. The maximum Gasteiger partial charge on any atom is 0.0550 e. The smallest absolute Gasteiger partial charge is 0.0550 e. The van der Waals surface area contributed by atoms with Crippen LogP contribution in [-0.2, 0) is 5.54 Å². The second-order valence-corrected chi connectivity index (χ2v) is 3.74. The topological polar surface area (TPSA) is 29.3 Å². The number of benzene rings is 1. The molecule has 0 aliphatic heterocycles. The van der Waals surface area contributed by atoms with Gasteiger partial charge in [-0.25, -0.2) is 0 Å². The third-order valence-electron chi connectivity index (χ3n) is 2.78. The average Bonchev–Trinajstić information content (AvgIpc) is 2.17. The van der Waals surface area contributed by atoms with Crippen molar-refractivity contribution in [1.29, 1.82) is 0 Å². The molecule has 0 aliphatic rings. The number of rotatable bonds is 3. The zero-order chi connectivity index (χ0) is 9.90. The number of hydrogen-bond acceptors (Lipinski definition) is 2. The lowest BCUT2D eigenvalue weighted by atomic mass is 9.91. The van der Waals surface area contributed by atoms with Crippen molar-refractivity contribution in [2.75, 3.05) is 20.6 Å². The molecule has 2 heteroatoms. The minimum Gasteiger partial charge on any atom is -0.328 e. The number of nitrogens with two attached hydrogens (primary N) is 1. The van der Waals surface area contributed by atoms with Crippen LogP contribution in [0.2, 0.25) is 0 Å². The third-order valence-corrected chi connectivity index (χ3v) is 2.78. The van der Waals surface area contributed by atoms with Gasteiger partial charge in [-0.3, -0.25) is 4.90 Å². The number of nitrogens with zero attached hydrogens (tertiary/aromatic N) is 1. The minimum absolute atomic E-state index is 0.0543. The fourth-order valence-electron chi connectivity index (χ4n) is 1.36. The Labute approximate surface area is 80.4 Å². The molecule has 0 unspecified atom stereocenters. The van der Waals surface area contributed by atoms with Crippen molar-refractivity contribution in [1.82, 2.24) is 4.90 Å². The molecule has 0 bridgehead atoms. The van der Waals surface area contributed by atoms with Gasteiger partial charge in [0, 0.05) is 6.54 Å². The van der Waals surface area contributed by atoms with Gasteiger partial charge >= 0.3 is 0 Å². The standard InChI is InChI=1S/C11H18N2/c1-11(9-12,13(2)3)10-7-5-4-6-8-10/h4-8H,9,12H2,1-3H3/t11-/m0/s1. The molecule has 0 spiro atoms. The zero-order valence-electron chi connectivity index (χ0n) is 8.62. The van der Waals surface area contributed by atoms with E-state index in [0.29, 0.717) is 6.54 Å². The Morgan fingerprint density at radius 1 is 1.23 bits per heavy atom. The van der Waals surface area contributed by atoms with Crippen LogP contribution in [0.5, 0.6) is 0 Å². The molecule has 0 heterocycles. The van der Waals surface area contributed by atoms with Gasteiger partial charge in [0.05, 0.1) is 5.54 Å². The van der Waals surface area contributed by atoms with Gasteiger partial charge in [-0.2, -0.15) is 0 Å². The molecule has 0 saturated carbocycles. The van der Waals surface area contributed by atoms with Crippen molar-refractivity contribution in [2.24, 2.45) is 5.73 Å². The molecule has 1 atom stereocenters. The molecular formula is C11H18N2. The van der Waals surface area contributed by atoms with E-state index in [0.717, 1.165) is 0 Å². The first-order chi connectivity index (χ1) is 6.11. The minimum atomic E-state index is -0.0543. The van der Waals surface area contributed by atoms with Crippen LogP contribution in [0.4, 0.5) is 0 Å². The summed E-state index contributed by atoms with van der Waals surface area (Å²) in [5.41, 5.74) is 7.01. The van der Waals surface area contributed by atoms with Crippen molar-refractivity contribution < 1.29 is 0 Å². The fraction of sp³-hybridized carbons (Fsp3) is 0.455. The summed E-state index contributed by atoms with van der Waals surface area (Å²) in [5, 5.41) is 0. The van der Waals surface area contributed by atoms with Crippen molar-refractivity contribution in [3.63, 3.8) is 0 Å². The van der Waals surface area contributed by atoms with Gasteiger partial charge in [-0.1, -0.05) is 30.3 Å². The van der Waals surface area contributed by atoms with E-state index in [2.05, 4.69) is 38.1 Å². The maximum atomic E-state index is 5.80. The Morgan fingerprint density at radius 3 is 2.15 bits per heavy atom. The fourth-order valence-corrected chi connectivity index (χ4v) is 1.36. The Hall–Kier alpha value is -0.860. The number of hydrogen-bond donors (Lipinski definition) is 1. The van der Waals surface area contributed by atoms with Crippen LogP contribution in [0.15, 0.2) is 30.3 Å². The van der Waals surface area contributed by atoms with Crippen molar-refractivity contribution in [2.45, 2.75) is 12.5 Å². The molecule has 2 nitrogen and oxygen atoms in total. The van der Waals surface area contributed by atoms with E-state index in [9.17, 15) is 0 Å². The van der Waals surface area contributed by atoms with E-state index in [1.54, 1.807) is 0 Å². The van der Waals surface area contributed by atoms with Gasteiger partial charge in [-0.15, -0.1) is 0 Å². The van der Waals surface area contributed by atoms with E-state index in [1.807, 2.05) is 18.2 Å². The molecule has 0 aliphatic carbocycles. The summed E-state index contributed by atoms with van der Waals surface area (Å²) in [6.07, 6.45) is 0. The second kappa shape index (κ2) is 3.90. The number of likely N-dealkylation sites (N-methyl/N-ethyl adjacent to an activating group) is 1. The van der Waals surface area contributed by atoms with Crippen LogP contribution < -0.4 is 5.73 Å². The monoisotopic (exact) mass is 178 g/mol. The normalized spacial score (nSPS) is 15.8. The van der Waals surface area contributed by atoms with Crippen LogP contribution in [0.1, 0.15) is 12.5 Å². The van der Waals surface area contributed by atoms with Gasteiger partial charge in [0.2, 0.25) is 0 Å².